The van der Waals surface area contributed by atoms with Crippen LogP contribution in [0.1, 0.15) is 24.8 Å². The van der Waals surface area contributed by atoms with Crippen LogP contribution < -0.4 is 10.6 Å². The fourth-order valence-corrected chi connectivity index (χ4v) is 3.00. The van der Waals surface area contributed by atoms with Gasteiger partial charge in [-0.1, -0.05) is 18.2 Å². The van der Waals surface area contributed by atoms with Crippen LogP contribution in [0.2, 0.25) is 0 Å². The highest BCUT2D eigenvalue weighted by Crippen LogP contribution is 2.33. The number of carbonyl (C=O) groups excluding carboxylic acids is 2. The molecule has 2 atom stereocenters. The minimum atomic E-state index is -0.347. The van der Waals surface area contributed by atoms with Crippen LogP contribution in [0.5, 0.6) is 0 Å². The van der Waals surface area contributed by atoms with Gasteiger partial charge in [0.1, 0.15) is 0 Å². The van der Waals surface area contributed by atoms with Crippen molar-refractivity contribution < 1.29 is 9.59 Å². The quantitative estimate of drug-likeness (QED) is 0.823. The zero-order valence-corrected chi connectivity index (χ0v) is 12.8. The highest BCUT2D eigenvalue weighted by Gasteiger charge is 2.35. The van der Waals surface area contributed by atoms with Crippen molar-refractivity contribution in [1.82, 2.24) is 10.2 Å². The molecule has 0 saturated carbocycles. The van der Waals surface area contributed by atoms with Crippen molar-refractivity contribution >= 4 is 29.9 Å². The Morgan fingerprint density at radius 2 is 2.10 bits per heavy atom. The number of hydrogen-bond acceptors (Lipinski definition) is 3. The van der Waals surface area contributed by atoms with Crippen LogP contribution in [-0.4, -0.2) is 42.4 Å². The van der Waals surface area contributed by atoms with Crippen LogP contribution >= 0.6 is 12.4 Å². The first-order valence-electron chi connectivity index (χ1n) is 7.07. The predicted octanol–water partition coefficient (Wildman–Crippen LogP) is 1.35. The number of anilines is 1. The maximum absolute atomic E-state index is 12.8. The average Bonchev–Trinajstić information content (AvgIpc) is 2.46. The average molecular weight is 310 g/mol. The summed E-state index contributed by atoms with van der Waals surface area (Å²) in [4.78, 5) is 26.5. The molecular formula is C15H20ClN3O2. The Bertz CT molecular complexity index is 549. The Hall–Kier alpha value is -1.59. The third-order valence-corrected chi connectivity index (χ3v) is 4.08. The predicted molar refractivity (Wildman–Crippen MR) is 83.7 cm³/mol. The first-order chi connectivity index (χ1) is 9.66. The summed E-state index contributed by atoms with van der Waals surface area (Å²) in [6, 6.07) is 7.75. The van der Waals surface area contributed by atoms with E-state index in [0.29, 0.717) is 6.54 Å². The zero-order chi connectivity index (χ0) is 14.1. The number of benzene rings is 1. The molecule has 1 aromatic rings. The van der Waals surface area contributed by atoms with Gasteiger partial charge in [0, 0.05) is 37.8 Å². The lowest BCUT2D eigenvalue weighted by atomic mass is 9.89. The largest absolute Gasteiger partial charge is 0.337 e. The van der Waals surface area contributed by atoms with Crippen LogP contribution in [-0.2, 0) is 9.59 Å². The van der Waals surface area contributed by atoms with E-state index in [1.807, 2.05) is 36.1 Å². The molecule has 0 bridgehead atoms. The topological polar surface area (TPSA) is 61.4 Å². The molecule has 0 radical (unpaired) electrons. The Morgan fingerprint density at radius 3 is 2.86 bits per heavy atom. The molecule has 1 unspecified atom stereocenters. The van der Waals surface area contributed by atoms with Gasteiger partial charge >= 0.3 is 0 Å². The molecule has 0 aromatic heterocycles. The zero-order valence-electron chi connectivity index (χ0n) is 12.0. The van der Waals surface area contributed by atoms with Crippen molar-refractivity contribution in [1.29, 1.82) is 0 Å². The van der Waals surface area contributed by atoms with Gasteiger partial charge in [0.15, 0.2) is 0 Å². The molecule has 5 nitrogen and oxygen atoms in total. The first kappa shape index (κ1) is 15.8. The molecule has 6 heteroatoms. The number of para-hydroxylation sites is 1. The summed E-state index contributed by atoms with van der Waals surface area (Å²) < 4.78 is 0. The lowest BCUT2D eigenvalue weighted by Crippen LogP contribution is -2.54. The van der Waals surface area contributed by atoms with E-state index in [4.69, 9.17) is 0 Å². The summed E-state index contributed by atoms with van der Waals surface area (Å²) in [7, 11) is 0. The second-order valence-electron chi connectivity index (χ2n) is 5.48. The number of amides is 2. The third-order valence-electron chi connectivity index (χ3n) is 4.08. The number of fused-ring (bicyclic) bond motifs is 1. The lowest BCUT2D eigenvalue weighted by molar-refractivity contribution is -0.137. The van der Waals surface area contributed by atoms with Crippen LogP contribution in [0.4, 0.5) is 5.69 Å². The Morgan fingerprint density at radius 1 is 1.33 bits per heavy atom. The third kappa shape index (κ3) is 3.04. The van der Waals surface area contributed by atoms with E-state index in [1.165, 1.54) is 0 Å². The fraction of sp³-hybridized carbons (Fsp3) is 0.467. The van der Waals surface area contributed by atoms with Crippen molar-refractivity contribution in [2.75, 3.05) is 25.0 Å². The number of hydrogen-bond donors (Lipinski definition) is 2. The summed E-state index contributed by atoms with van der Waals surface area (Å²) in [5.41, 5.74) is 1.70. The summed E-state index contributed by atoms with van der Waals surface area (Å²) >= 11 is 0. The van der Waals surface area contributed by atoms with Crippen LogP contribution in [0, 0.1) is 0 Å². The number of nitrogens with zero attached hydrogens (tertiary/aromatic N) is 1. The van der Waals surface area contributed by atoms with Gasteiger partial charge in [-0.15, -0.1) is 12.4 Å². The van der Waals surface area contributed by atoms with Crippen LogP contribution in [0.15, 0.2) is 24.3 Å². The molecule has 2 N–H and O–H groups in total. The molecule has 2 heterocycles. The Balaban J connectivity index is 0.00000161. The molecule has 2 amide bonds. The molecule has 2 aliphatic heterocycles. The smallest absolute Gasteiger partial charge is 0.231 e. The molecular weight excluding hydrogens is 290 g/mol. The van der Waals surface area contributed by atoms with Gasteiger partial charge < -0.3 is 15.5 Å². The number of piperazine rings is 1. The summed E-state index contributed by atoms with van der Waals surface area (Å²) in [5.74, 6) is -0.355. The molecule has 2 aliphatic rings. The molecule has 3 rings (SSSR count). The highest BCUT2D eigenvalue weighted by molar-refractivity contribution is 6.01. The van der Waals surface area contributed by atoms with E-state index in [-0.39, 0.29) is 42.6 Å². The van der Waals surface area contributed by atoms with Gasteiger partial charge in [-0.3, -0.25) is 9.59 Å². The van der Waals surface area contributed by atoms with Gasteiger partial charge in [-0.2, -0.15) is 0 Å². The number of rotatable bonds is 1. The van der Waals surface area contributed by atoms with Crippen LogP contribution in [0.25, 0.3) is 0 Å². The minimum Gasteiger partial charge on any atom is -0.337 e. The van der Waals surface area contributed by atoms with Crippen molar-refractivity contribution in [3.8, 4) is 0 Å². The molecule has 1 aromatic carbocycles. The molecule has 21 heavy (non-hydrogen) atoms. The van der Waals surface area contributed by atoms with Crippen molar-refractivity contribution in [2.45, 2.75) is 25.3 Å². The van der Waals surface area contributed by atoms with E-state index in [9.17, 15) is 9.59 Å². The maximum Gasteiger partial charge on any atom is 0.231 e. The summed E-state index contributed by atoms with van der Waals surface area (Å²) in [6.07, 6.45) is 0.243. The standard InChI is InChI=1S/C15H19N3O2.ClH/c1-10-9-16-6-7-18(10)15(20)12-8-14(19)17-13-5-3-2-4-11(12)13;/h2-5,10,12,16H,6-9H2,1H3,(H,17,19);1H/t10-,12?;/m1./s1. The van der Waals surface area contributed by atoms with E-state index in [1.54, 1.807) is 0 Å². The second kappa shape index (κ2) is 6.45. The van der Waals surface area contributed by atoms with Crippen molar-refractivity contribution in [3.05, 3.63) is 29.8 Å². The van der Waals surface area contributed by atoms with Gasteiger partial charge in [0.05, 0.1) is 5.92 Å². The van der Waals surface area contributed by atoms with Gasteiger partial charge in [0.2, 0.25) is 11.8 Å². The highest BCUT2D eigenvalue weighted by atomic mass is 35.5. The van der Waals surface area contributed by atoms with Crippen molar-refractivity contribution in [2.24, 2.45) is 0 Å². The van der Waals surface area contributed by atoms with Gasteiger partial charge in [-0.05, 0) is 18.6 Å². The lowest BCUT2D eigenvalue weighted by Gasteiger charge is -2.37. The Kier molecular flexibility index (Phi) is 4.85. The normalized spacial score (nSPS) is 24.6. The van der Waals surface area contributed by atoms with Gasteiger partial charge in [-0.25, -0.2) is 0 Å². The number of halogens is 1. The van der Waals surface area contributed by atoms with E-state index in [2.05, 4.69) is 10.6 Å². The summed E-state index contributed by atoms with van der Waals surface area (Å²) in [6.45, 7) is 4.38. The first-order valence-corrected chi connectivity index (χ1v) is 7.07. The molecule has 1 saturated heterocycles. The molecule has 0 spiro atoms. The number of carbonyl (C=O) groups is 2. The van der Waals surface area contributed by atoms with E-state index >= 15 is 0 Å². The fourth-order valence-electron chi connectivity index (χ4n) is 3.00. The molecule has 1 fully saturated rings. The number of nitrogens with one attached hydrogen (secondary N) is 2. The molecule has 114 valence electrons. The van der Waals surface area contributed by atoms with Crippen LogP contribution in [0.3, 0.4) is 0 Å². The Labute approximate surface area is 130 Å². The SMILES string of the molecule is C[C@@H]1CNCCN1C(=O)C1CC(=O)Nc2ccccc21.Cl. The second-order valence-corrected chi connectivity index (χ2v) is 5.48. The molecule has 0 aliphatic carbocycles. The minimum absolute atomic E-state index is 0. The maximum atomic E-state index is 12.8. The van der Waals surface area contributed by atoms with Crippen molar-refractivity contribution in [3.63, 3.8) is 0 Å². The van der Waals surface area contributed by atoms with Gasteiger partial charge in [0.25, 0.3) is 0 Å². The van der Waals surface area contributed by atoms with E-state index < -0.39 is 0 Å². The van der Waals surface area contributed by atoms with E-state index in [0.717, 1.165) is 24.3 Å². The summed E-state index contributed by atoms with van der Waals surface area (Å²) in [5, 5.41) is 6.11. The monoisotopic (exact) mass is 309 g/mol.